The summed E-state index contributed by atoms with van der Waals surface area (Å²) in [4.78, 5) is 7.17. The van der Waals surface area contributed by atoms with Gasteiger partial charge in [0.25, 0.3) is 0 Å². The summed E-state index contributed by atoms with van der Waals surface area (Å²) >= 11 is 0. The van der Waals surface area contributed by atoms with Crippen molar-refractivity contribution in [1.82, 2.24) is 15.2 Å². The zero-order valence-electron chi connectivity index (χ0n) is 9.81. The molecule has 5 nitrogen and oxygen atoms in total. The van der Waals surface area contributed by atoms with Gasteiger partial charge in [0.15, 0.2) is 5.88 Å². The lowest BCUT2D eigenvalue weighted by atomic mass is 10.1. The fourth-order valence-corrected chi connectivity index (χ4v) is 2.02. The molecule has 0 amide bonds. The van der Waals surface area contributed by atoms with E-state index in [4.69, 9.17) is 0 Å². The van der Waals surface area contributed by atoms with E-state index in [1.165, 1.54) is 0 Å². The van der Waals surface area contributed by atoms with Gasteiger partial charge in [0.05, 0.1) is 11.8 Å². The van der Waals surface area contributed by atoms with Crippen LogP contribution in [0.3, 0.4) is 0 Å². The Morgan fingerprint density at radius 2 is 2.22 bits per heavy atom. The molecule has 18 heavy (non-hydrogen) atoms. The van der Waals surface area contributed by atoms with Crippen LogP contribution in [0.15, 0.2) is 35.5 Å². The van der Waals surface area contributed by atoms with Crippen molar-refractivity contribution in [3.8, 4) is 5.88 Å². The molecular formula is C13H12N4O. The van der Waals surface area contributed by atoms with Crippen LogP contribution in [0.2, 0.25) is 0 Å². The third-order valence-electron chi connectivity index (χ3n) is 2.87. The Morgan fingerprint density at radius 1 is 1.33 bits per heavy atom. The van der Waals surface area contributed by atoms with Crippen LogP contribution in [0.25, 0.3) is 10.9 Å². The second-order valence-corrected chi connectivity index (χ2v) is 4.08. The van der Waals surface area contributed by atoms with Gasteiger partial charge >= 0.3 is 0 Å². The van der Waals surface area contributed by atoms with Gasteiger partial charge in [0, 0.05) is 23.2 Å². The van der Waals surface area contributed by atoms with E-state index in [9.17, 15) is 5.11 Å². The van der Waals surface area contributed by atoms with E-state index in [0.29, 0.717) is 11.4 Å². The van der Waals surface area contributed by atoms with Crippen molar-refractivity contribution in [2.24, 2.45) is 4.99 Å². The number of nitrogens with one attached hydrogen (secondary N) is 2. The molecular weight excluding hydrogens is 228 g/mol. The first-order chi connectivity index (χ1) is 8.75. The van der Waals surface area contributed by atoms with Crippen LogP contribution in [0, 0.1) is 6.92 Å². The van der Waals surface area contributed by atoms with Crippen molar-refractivity contribution in [2.75, 3.05) is 0 Å². The minimum absolute atomic E-state index is 0.127. The van der Waals surface area contributed by atoms with Crippen molar-refractivity contribution in [3.05, 3.63) is 41.6 Å². The summed E-state index contributed by atoms with van der Waals surface area (Å²) in [6.45, 7) is 2.00. The number of aromatic hydroxyl groups is 1. The predicted octanol–water partition coefficient (Wildman–Crippen LogP) is 2.66. The van der Waals surface area contributed by atoms with E-state index in [1.807, 2.05) is 25.1 Å². The quantitative estimate of drug-likeness (QED) is 0.602. The SMILES string of the molecule is Cc1cccc2[nH]c(O)c(C=Nc3ccn[nH]3)c12. The van der Waals surface area contributed by atoms with Gasteiger partial charge in [-0.15, -0.1) is 0 Å². The van der Waals surface area contributed by atoms with Gasteiger partial charge in [-0.3, -0.25) is 5.10 Å². The number of aromatic amines is 2. The third-order valence-corrected chi connectivity index (χ3v) is 2.87. The average Bonchev–Trinajstić information content (AvgIpc) is 2.94. The average molecular weight is 240 g/mol. The molecule has 3 N–H and O–H groups in total. The monoisotopic (exact) mass is 240 g/mol. The van der Waals surface area contributed by atoms with Crippen molar-refractivity contribution in [2.45, 2.75) is 6.92 Å². The predicted molar refractivity (Wildman–Crippen MR) is 70.5 cm³/mol. The minimum Gasteiger partial charge on any atom is -0.494 e. The van der Waals surface area contributed by atoms with Crippen LogP contribution >= 0.6 is 0 Å². The maximum absolute atomic E-state index is 9.91. The van der Waals surface area contributed by atoms with Crippen molar-refractivity contribution >= 4 is 22.9 Å². The highest BCUT2D eigenvalue weighted by Crippen LogP contribution is 2.28. The summed E-state index contributed by atoms with van der Waals surface area (Å²) < 4.78 is 0. The number of H-pyrrole nitrogens is 2. The highest BCUT2D eigenvalue weighted by atomic mass is 16.3. The maximum Gasteiger partial charge on any atom is 0.198 e. The van der Waals surface area contributed by atoms with E-state index in [0.717, 1.165) is 16.5 Å². The summed E-state index contributed by atoms with van der Waals surface area (Å²) in [5.41, 5.74) is 2.69. The number of rotatable bonds is 2. The summed E-state index contributed by atoms with van der Waals surface area (Å²) in [7, 11) is 0. The third kappa shape index (κ3) is 1.66. The first-order valence-corrected chi connectivity index (χ1v) is 5.59. The van der Waals surface area contributed by atoms with Gasteiger partial charge in [-0.05, 0) is 18.6 Å². The number of benzene rings is 1. The van der Waals surface area contributed by atoms with Crippen LogP contribution in [-0.2, 0) is 0 Å². The van der Waals surface area contributed by atoms with Gasteiger partial charge in [0.1, 0.15) is 5.82 Å². The fourth-order valence-electron chi connectivity index (χ4n) is 2.02. The van der Waals surface area contributed by atoms with Gasteiger partial charge in [0.2, 0.25) is 0 Å². The zero-order valence-corrected chi connectivity index (χ0v) is 9.81. The first-order valence-electron chi connectivity index (χ1n) is 5.59. The van der Waals surface area contributed by atoms with E-state index in [1.54, 1.807) is 18.5 Å². The molecule has 90 valence electrons. The normalized spacial score (nSPS) is 11.6. The summed E-state index contributed by atoms with van der Waals surface area (Å²) in [5, 5.41) is 17.5. The van der Waals surface area contributed by atoms with Crippen LogP contribution in [0.4, 0.5) is 5.82 Å². The maximum atomic E-state index is 9.91. The lowest BCUT2D eigenvalue weighted by Gasteiger charge is -1.96. The Hall–Kier alpha value is -2.56. The first kappa shape index (κ1) is 10.6. The number of hydrogen-bond acceptors (Lipinski definition) is 3. The number of fused-ring (bicyclic) bond motifs is 1. The molecule has 0 atom stereocenters. The molecule has 2 aromatic heterocycles. The van der Waals surface area contributed by atoms with Gasteiger partial charge in [-0.1, -0.05) is 12.1 Å². The van der Waals surface area contributed by atoms with E-state index >= 15 is 0 Å². The molecule has 1 aromatic carbocycles. The Kier molecular flexibility index (Phi) is 2.37. The Balaban J connectivity index is 2.14. The van der Waals surface area contributed by atoms with Gasteiger partial charge < -0.3 is 10.1 Å². The molecule has 0 aliphatic rings. The zero-order chi connectivity index (χ0) is 12.5. The van der Waals surface area contributed by atoms with E-state index < -0.39 is 0 Å². The minimum atomic E-state index is 0.127. The Bertz CT molecular complexity index is 710. The van der Waals surface area contributed by atoms with Crippen molar-refractivity contribution < 1.29 is 5.11 Å². The molecule has 3 aromatic rings. The highest BCUT2D eigenvalue weighted by molar-refractivity contribution is 6.04. The summed E-state index contributed by atoms with van der Waals surface area (Å²) in [6, 6.07) is 7.64. The highest BCUT2D eigenvalue weighted by Gasteiger charge is 2.10. The number of nitrogens with zero attached hydrogens (tertiary/aromatic N) is 2. The van der Waals surface area contributed by atoms with Crippen LogP contribution in [0.1, 0.15) is 11.1 Å². The molecule has 0 aliphatic carbocycles. The number of hydrogen-bond donors (Lipinski definition) is 3. The molecule has 3 rings (SSSR count). The van der Waals surface area contributed by atoms with E-state index in [-0.39, 0.29) is 5.88 Å². The lowest BCUT2D eigenvalue weighted by molar-refractivity contribution is 0.457. The van der Waals surface area contributed by atoms with Crippen LogP contribution in [-0.4, -0.2) is 26.5 Å². The molecule has 0 radical (unpaired) electrons. The fraction of sp³-hybridized carbons (Fsp3) is 0.0769. The molecule has 5 heteroatoms. The lowest BCUT2D eigenvalue weighted by Crippen LogP contribution is -1.82. The second-order valence-electron chi connectivity index (χ2n) is 4.08. The largest absolute Gasteiger partial charge is 0.494 e. The Morgan fingerprint density at radius 3 is 3.00 bits per heavy atom. The van der Waals surface area contributed by atoms with Crippen LogP contribution < -0.4 is 0 Å². The Labute approximate surface area is 103 Å². The topological polar surface area (TPSA) is 77.1 Å². The van der Waals surface area contributed by atoms with Gasteiger partial charge in [-0.2, -0.15) is 5.10 Å². The molecule has 0 bridgehead atoms. The molecule has 0 fully saturated rings. The molecule has 0 saturated heterocycles. The number of aliphatic imine (C=N–C) groups is 1. The van der Waals surface area contributed by atoms with E-state index in [2.05, 4.69) is 20.2 Å². The molecule has 0 spiro atoms. The molecule has 2 heterocycles. The number of aromatic nitrogens is 3. The standard InChI is InChI=1S/C13H12N4O/c1-8-3-2-4-10-12(8)9(13(18)16-10)7-14-11-5-6-15-17-11/h2-7,16,18H,1H3,(H,15,17). The molecule has 0 saturated carbocycles. The number of aryl methyl sites for hydroxylation is 1. The van der Waals surface area contributed by atoms with Crippen LogP contribution in [0.5, 0.6) is 5.88 Å². The summed E-state index contributed by atoms with van der Waals surface area (Å²) in [5.74, 6) is 0.778. The smallest absolute Gasteiger partial charge is 0.198 e. The molecule has 0 unspecified atom stereocenters. The van der Waals surface area contributed by atoms with Gasteiger partial charge in [-0.25, -0.2) is 4.99 Å². The second kappa shape index (κ2) is 4.03. The van der Waals surface area contributed by atoms with Crippen molar-refractivity contribution in [1.29, 1.82) is 0 Å². The van der Waals surface area contributed by atoms with Crippen molar-refractivity contribution in [3.63, 3.8) is 0 Å². The molecule has 0 aliphatic heterocycles. The summed E-state index contributed by atoms with van der Waals surface area (Å²) in [6.07, 6.45) is 3.27.